The number of anilines is 1. The molecule has 3 heterocycles. The van der Waals surface area contributed by atoms with Crippen LogP contribution in [-0.2, 0) is 0 Å². The Kier molecular flexibility index (Phi) is 8.71. The van der Waals surface area contributed by atoms with Crippen molar-refractivity contribution in [1.29, 1.82) is 0 Å². The fourth-order valence-electron chi connectivity index (χ4n) is 9.12. The highest BCUT2D eigenvalue weighted by Crippen LogP contribution is 2.50. The summed E-state index contributed by atoms with van der Waals surface area (Å²) in [7, 11) is 0. The van der Waals surface area contributed by atoms with Gasteiger partial charge in [-0.3, -0.25) is 10.6 Å². The molecule has 3 atom stereocenters. The average Bonchev–Trinajstić information content (AvgIpc) is 3.56. The van der Waals surface area contributed by atoms with E-state index in [2.05, 4.69) is 222 Å². The fourth-order valence-corrected chi connectivity index (χ4v) is 9.12. The van der Waals surface area contributed by atoms with Crippen LogP contribution in [0.1, 0.15) is 49.3 Å². The second kappa shape index (κ2) is 14.3. The molecule has 56 heavy (non-hydrogen) atoms. The predicted molar refractivity (Wildman–Crippen MR) is 235 cm³/mol. The van der Waals surface area contributed by atoms with Crippen molar-refractivity contribution in [3.8, 4) is 27.9 Å². The first kappa shape index (κ1) is 34.1. The minimum absolute atomic E-state index is 0.0300. The van der Waals surface area contributed by atoms with Gasteiger partial charge in [0, 0.05) is 45.9 Å². The lowest BCUT2D eigenvalue weighted by molar-refractivity contribution is 0.245. The average molecular weight is 725 g/mol. The van der Waals surface area contributed by atoms with E-state index in [1.165, 1.54) is 77.7 Å². The van der Waals surface area contributed by atoms with Crippen molar-refractivity contribution in [1.82, 2.24) is 15.2 Å². The Balaban J connectivity index is 1.18. The summed E-state index contributed by atoms with van der Waals surface area (Å²) in [5.74, 6) is 0. The van der Waals surface area contributed by atoms with Crippen molar-refractivity contribution in [2.75, 3.05) is 4.90 Å². The van der Waals surface area contributed by atoms with Gasteiger partial charge in [-0.2, -0.15) is 0 Å². The highest BCUT2D eigenvalue weighted by molar-refractivity contribution is 6.09. The summed E-state index contributed by atoms with van der Waals surface area (Å²) in [6, 6.07) is 64.2. The number of benzene rings is 7. The number of aromatic nitrogens is 1. The third-order valence-corrected chi connectivity index (χ3v) is 11.7. The van der Waals surface area contributed by atoms with Crippen LogP contribution < -0.4 is 15.5 Å². The number of fused-ring (bicyclic) bond motifs is 6. The molecule has 0 amide bonds. The van der Waals surface area contributed by atoms with E-state index in [0.717, 1.165) is 12.1 Å². The molecular formula is C52H44N4. The SMILES string of the molecule is C/C=C\C1=C(C)N(C2CC(c3ccccc3)NC(c3cccc(-c4ccccc4)c3)N2)c2ccccc2-c2c1n(-c1ccc3ccccc3c1)c1ccccc21. The summed E-state index contributed by atoms with van der Waals surface area (Å²) in [5, 5.41) is 11.9. The summed E-state index contributed by atoms with van der Waals surface area (Å²) in [6.07, 6.45) is 5.26. The van der Waals surface area contributed by atoms with Crippen LogP contribution >= 0.6 is 0 Å². The van der Waals surface area contributed by atoms with E-state index in [0.29, 0.717) is 0 Å². The van der Waals surface area contributed by atoms with Crippen LogP contribution in [0.25, 0.3) is 55.2 Å². The van der Waals surface area contributed by atoms with E-state index in [1.54, 1.807) is 0 Å². The number of hydrogen-bond donors (Lipinski definition) is 2. The zero-order chi connectivity index (χ0) is 37.6. The van der Waals surface area contributed by atoms with Crippen molar-refractivity contribution >= 4 is 32.9 Å². The van der Waals surface area contributed by atoms with Crippen LogP contribution in [-0.4, -0.2) is 10.7 Å². The maximum absolute atomic E-state index is 4.15. The molecule has 4 nitrogen and oxygen atoms in total. The lowest BCUT2D eigenvalue weighted by atomic mass is 9.95. The minimum Gasteiger partial charge on any atom is -0.328 e. The van der Waals surface area contributed by atoms with Crippen molar-refractivity contribution in [3.05, 3.63) is 211 Å². The highest BCUT2D eigenvalue weighted by atomic mass is 15.3. The zero-order valence-electron chi connectivity index (χ0n) is 31.7. The van der Waals surface area contributed by atoms with Gasteiger partial charge in [-0.25, -0.2) is 0 Å². The first-order chi connectivity index (χ1) is 27.7. The second-order valence-electron chi connectivity index (χ2n) is 15.0. The Bertz CT molecular complexity index is 2780. The molecule has 0 radical (unpaired) electrons. The smallest absolute Gasteiger partial charge is 0.0875 e. The third-order valence-electron chi connectivity index (χ3n) is 11.7. The molecule has 0 bridgehead atoms. The number of hydrogen-bond acceptors (Lipinski definition) is 3. The number of nitrogens with one attached hydrogen (secondary N) is 2. The lowest BCUT2D eigenvalue weighted by Crippen LogP contribution is -2.56. The van der Waals surface area contributed by atoms with Crippen molar-refractivity contribution in [3.63, 3.8) is 0 Å². The summed E-state index contributed by atoms with van der Waals surface area (Å²) in [4.78, 5) is 2.59. The molecule has 0 aliphatic carbocycles. The van der Waals surface area contributed by atoms with Crippen molar-refractivity contribution in [2.45, 2.75) is 38.6 Å². The molecule has 2 aliphatic heterocycles. The Morgan fingerprint density at radius 1 is 0.607 bits per heavy atom. The third kappa shape index (κ3) is 5.86. The van der Waals surface area contributed by atoms with Crippen molar-refractivity contribution in [2.24, 2.45) is 0 Å². The minimum atomic E-state index is -0.0920. The molecule has 0 saturated carbocycles. The lowest BCUT2D eigenvalue weighted by Gasteiger charge is -2.45. The Labute approximate surface area is 329 Å². The summed E-state index contributed by atoms with van der Waals surface area (Å²) >= 11 is 0. The van der Waals surface area contributed by atoms with Crippen LogP contribution in [0.4, 0.5) is 5.69 Å². The van der Waals surface area contributed by atoms with E-state index in [-0.39, 0.29) is 18.4 Å². The molecule has 10 rings (SSSR count). The molecule has 3 unspecified atom stereocenters. The molecule has 7 aromatic carbocycles. The van der Waals surface area contributed by atoms with Gasteiger partial charge in [-0.15, -0.1) is 0 Å². The van der Waals surface area contributed by atoms with Gasteiger partial charge in [0.25, 0.3) is 0 Å². The quantitative estimate of drug-likeness (QED) is 0.179. The standard InChI is InChI=1S/C52H44N4/c1-3-17-43-35(2)55(49-34-46(38-21-8-5-9-22-38)53-52(54-49)41-25-16-24-39(32-41)36-18-6-4-7-19-36)47-28-14-12-26-44(47)50-45-27-13-15-29-48(45)56(51(43)50)42-31-30-37-20-10-11-23-40(37)33-42/h3-33,46,49,52-54H,34H2,1-2H3/b17-3-. The molecule has 1 fully saturated rings. The number of nitrogens with zero attached hydrogens (tertiary/aromatic N) is 2. The topological polar surface area (TPSA) is 32.2 Å². The second-order valence-corrected chi connectivity index (χ2v) is 15.0. The van der Waals surface area contributed by atoms with Gasteiger partial charge >= 0.3 is 0 Å². The van der Waals surface area contributed by atoms with Gasteiger partial charge < -0.3 is 9.47 Å². The normalized spacial score (nSPS) is 18.3. The monoisotopic (exact) mass is 724 g/mol. The molecule has 272 valence electrons. The van der Waals surface area contributed by atoms with Crippen LogP contribution in [0.15, 0.2) is 194 Å². The van der Waals surface area contributed by atoms with E-state index in [1.807, 2.05) is 0 Å². The van der Waals surface area contributed by atoms with E-state index >= 15 is 0 Å². The Morgan fingerprint density at radius 2 is 1.30 bits per heavy atom. The molecule has 4 heteroatoms. The number of para-hydroxylation sites is 2. The molecule has 1 saturated heterocycles. The number of rotatable bonds is 6. The fraction of sp³-hybridized carbons (Fsp3) is 0.115. The van der Waals surface area contributed by atoms with Gasteiger partial charge in [-0.05, 0) is 77.2 Å². The Morgan fingerprint density at radius 3 is 2.14 bits per heavy atom. The first-order valence-electron chi connectivity index (χ1n) is 19.7. The van der Waals surface area contributed by atoms with Crippen LogP contribution in [0.2, 0.25) is 0 Å². The molecule has 2 N–H and O–H groups in total. The summed E-state index contributed by atoms with van der Waals surface area (Å²) in [6.45, 7) is 4.45. The van der Waals surface area contributed by atoms with Crippen molar-refractivity contribution < 1.29 is 0 Å². The molecule has 2 aliphatic rings. The number of allylic oxidation sites excluding steroid dienone is 4. The van der Waals surface area contributed by atoms with Gasteiger partial charge in [0.05, 0.1) is 29.2 Å². The van der Waals surface area contributed by atoms with Gasteiger partial charge in [0.15, 0.2) is 0 Å². The molecule has 8 aromatic rings. The van der Waals surface area contributed by atoms with Crippen LogP contribution in [0, 0.1) is 0 Å². The van der Waals surface area contributed by atoms with Gasteiger partial charge in [0.2, 0.25) is 0 Å². The predicted octanol–water partition coefficient (Wildman–Crippen LogP) is 12.6. The summed E-state index contributed by atoms with van der Waals surface area (Å²) in [5.41, 5.74) is 14.6. The largest absolute Gasteiger partial charge is 0.328 e. The first-order valence-corrected chi connectivity index (χ1v) is 19.7. The van der Waals surface area contributed by atoms with Gasteiger partial charge in [0.1, 0.15) is 0 Å². The van der Waals surface area contributed by atoms with Crippen LogP contribution in [0.3, 0.4) is 0 Å². The van der Waals surface area contributed by atoms with Crippen LogP contribution in [0.5, 0.6) is 0 Å². The Hall–Kier alpha value is -6.46. The molecular weight excluding hydrogens is 681 g/mol. The maximum atomic E-state index is 4.15. The maximum Gasteiger partial charge on any atom is 0.0875 e. The van der Waals surface area contributed by atoms with E-state index in [9.17, 15) is 0 Å². The van der Waals surface area contributed by atoms with E-state index < -0.39 is 0 Å². The highest BCUT2D eigenvalue weighted by Gasteiger charge is 2.38. The zero-order valence-corrected chi connectivity index (χ0v) is 31.7. The molecule has 0 spiro atoms. The van der Waals surface area contributed by atoms with E-state index in [4.69, 9.17) is 0 Å². The van der Waals surface area contributed by atoms with Gasteiger partial charge in [-0.1, -0.05) is 158 Å². The molecule has 1 aromatic heterocycles. The summed E-state index contributed by atoms with van der Waals surface area (Å²) < 4.78 is 2.50.